The van der Waals surface area contributed by atoms with Gasteiger partial charge in [0.15, 0.2) is 0 Å². The van der Waals surface area contributed by atoms with Crippen molar-refractivity contribution in [3.8, 4) is 0 Å². The maximum Gasteiger partial charge on any atom is 0.0939 e. The Hall–Kier alpha value is -0.660. The van der Waals surface area contributed by atoms with Crippen molar-refractivity contribution >= 4 is 0 Å². The van der Waals surface area contributed by atoms with Crippen molar-refractivity contribution in [2.45, 2.75) is 38.3 Å². The summed E-state index contributed by atoms with van der Waals surface area (Å²) in [7, 11) is 0. The van der Waals surface area contributed by atoms with Crippen LogP contribution in [-0.2, 0) is 0 Å². The molecular weight excluding hydrogens is 124 g/mol. The maximum atomic E-state index is 4.20. The predicted molar refractivity (Wildman–Crippen MR) is 40.0 cm³/mol. The van der Waals surface area contributed by atoms with Gasteiger partial charge < -0.3 is 0 Å². The van der Waals surface area contributed by atoms with Gasteiger partial charge >= 0.3 is 0 Å². The number of fused-ring (bicyclic) bond motifs is 1. The summed E-state index contributed by atoms with van der Waals surface area (Å²) in [5, 5.41) is 8.33. The molecule has 0 aromatic heterocycles. The fourth-order valence-electron chi connectivity index (χ4n) is 1.70. The molecule has 1 heterocycles. The van der Waals surface area contributed by atoms with Gasteiger partial charge in [0.05, 0.1) is 12.1 Å². The van der Waals surface area contributed by atoms with Crippen LogP contribution in [0.2, 0.25) is 0 Å². The second-order valence-electron chi connectivity index (χ2n) is 3.06. The smallest absolute Gasteiger partial charge is 0.0939 e. The Labute approximate surface area is 61.0 Å². The molecule has 0 spiro atoms. The summed E-state index contributed by atoms with van der Waals surface area (Å²) in [6.07, 6.45) is 6.07. The van der Waals surface area contributed by atoms with Gasteiger partial charge in [-0.2, -0.15) is 10.2 Å². The molecule has 1 aliphatic carbocycles. The quantitative estimate of drug-likeness (QED) is 0.456. The first-order valence-electron chi connectivity index (χ1n) is 3.98. The lowest BCUT2D eigenvalue weighted by atomic mass is 9.92. The second kappa shape index (κ2) is 2.19. The van der Waals surface area contributed by atoms with E-state index in [1.807, 2.05) is 0 Å². The van der Waals surface area contributed by atoms with Gasteiger partial charge in [0.2, 0.25) is 0 Å². The first-order chi connectivity index (χ1) is 4.88. The van der Waals surface area contributed by atoms with E-state index in [-0.39, 0.29) is 0 Å². The lowest BCUT2D eigenvalue weighted by Gasteiger charge is -2.14. The van der Waals surface area contributed by atoms with Crippen molar-refractivity contribution in [1.82, 2.24) is 0 Å². The van der Waals surface area contributed by atoms with Gasteiger partial charge in [-0.05, 0) is 31.8 Å². The third-order valence-electron chi connectivity index (χ3n) is 2.31. The van der Waals surface area contributed by atoms with Crippen LogP contribution in [0.25, 0.3) is 0 Å². The summed E-state index contributed by atoms with van der Waals surface area (Å²) < 4.78 is 0. The minimum atomic E-state index is 0.380. The van der Waals surface area contributed by atoms with Crippen molar-refractivity contribution in [3.63, 3.8) is 0 Å². The van der Waals surface area contributed by atoms with Gasteiger partial charge in [0.1, 0.15) is 0 Å². The van der Waals surface area contributed by atoms with E-state index in [2.05, 4.69) is 23.2 Å². The van der Waals surface area contributed by atoms with E-state index in [9.17, 15) is 0 Å². The first-order valence-corrected chi connectivity index (χ1v) is 3.98. The third kappa shape index (κ3) is 0.789. The van der Waals surface area contributed by atoms with Gasteiger partial charge in [-0.3, -0.25) is 0 Å². The van der Waals surface area contributed by atoms with Gasteiger partial charge in [-0.1, -0.05) is 6.08 Å². The summed E-state index contributed by atoms with van der Waals surface area (Å²) in [4.78, 5) is 0. The first kappa shape index (κ1) is 6.08. The van der Waals surface area contributed by atoms with Gasteiger partial charge in [-0.15, -0.1) is 0 Å². The minimum absolute atomic E-state index is 0.380. The van der Waals surface area contributed by atoms with Crippen molar-refractivity contribution < 1.29 is 0 Å². The molecule has 2 rings (SSSR count). The molecule has 0 aromatic carbocycles. The summed E-state index contributed by atoms with van der Waals surface area (Å²) in [6, 6.07) is 0.842. The van der Waals surface area contributed by atoms with Gasteiger partial charge in [-0.25, -0.2) is 0 Å². The Balaban J connectivity index is 2.25. The molecule has 0 aromatic rings. The molecule has 2 aliphatic rings. The minimum Gasteiger partial charge on any atom is -0.186 e. The van der Waals surface area contributed by atoms with Crippen LogP contribution >= 0.6 is 0 Å². The summed E-state index contributed by atoms with van der Waals surface area (Å²) >= 11 is 0. The standard InChI is InChI=1S/C8H12N2/c1-6-7-4-2-3-5-8(7)10-9-6/h4,6,8H,2-3,5H2,1H3. The number of allylic oxidation sites excluding steroid dienone is 1. The highest BCUT2D eigenvalue weighted by Crippen LogP contribution is 2.30. The third-order valence-corrected chi connectivity index (χ3v) is 2.31. The predicted octanol–water partition coefficient (Wildman–Crippen LogP) is 2.32. The topological polar surface area (TPSA) is 24.7 Å². The van der Waals surface area contributed by atoms with E-state index in [0.29, 0.717) is 12.1 Å². The van der Waals surface area contributed by atoms with Crippen molar-refractivity contribution in [2.24, 2.45) is 10.2 Å². The fourth-order valence-corrected chi connectivity index (χ4v) is 1.70. The molecule has 10 heavy (non-hydrogen) atoms. The number of azo groups is 1. The Morgan fingerprint density at radius 3 is 3.20 bits per heavy atom. The molecule has 0 radical (unpaired) electrons. The summed E-state index contributed by atoms with van der Waals surface area (Å²) in [5.74, 6) is 0. The van der Waals surface area contributed by atoms with E-state index in [0.717, 1.165) is 0 Å². The van der Waals surface area contributed by atoms with Crippen LogP contribution in [0.5, 0.6) is 0 Å². The van der Waals surface area contributed by atoms with E-state index in [1.54, 1.807) is 0 Å². The molecular formula is C8H12N2. The Bertz CT molecular complexity index is 193. The van der Waals surface area contributed by atoms with Crippen LogP contribution in [0.1, 0.15) is 26.2 Å². The number of hydrogen-bond acceptors (Lipinski definition) is 2. The Morgan fingerprint density at radius 2 is 2.40 bits per heavy atom. The molecule has 2 unspecified atom stereocenters. The highest BCUT2D eigenvalue weighted by molar-refractivity contribution is 5.22. The summed E-state index contributed by atoms with van der Waals surface area (Å²) in [5.41, 5.74) is 1.46. The molecule has 2 atom stereocenters. The van der Waals surface area contributed by atoms with Gasteiger partial charge in [0, 0.05) is 0 Å². The maximum absolute atomic E-state index is 4.20. The average molecular weight is 136 g/mol. The highest BCUT2D eigenvalue weighted by atomic mass is 15.2. The zero-order valence-corrected chi connectivity index (χ0v) is 6.25. The zero-order valence-electron chi connectivity index (χ0n) is 6.25. The largest absolute Gasteiger partial charge is 0.186 e. The Kier molecular flexibility index (Phi) is 1.33. The van der Waals surface area contributed by atoms with E-state index in [1.165, 1.54) is 24.8 Å². The lowest BCUT2D eigenvalue weighted by Crippen LogP contribution is -2.13. The number of nitrogens with zero attached hydrogens (tertiary/aromatic N) is 2. The molecule has 2 nitrogen and oxygen atoms in total. The Morgan fingerprint density at radius 1 is 1.50 bits per heavy atom. The van der Waals surface area contributed by atoms with Crippen LogP contribution in [0, 0.1) is 0 Å². The molecule has 0 saturated carbocycles. The normalized spacial score (nSPS) is 37.5. The average Bonchev–Trinajstić information content (AvgIpc) is 2.34. The van der Waals surface area contributed by atoms with Crippen LogP contribution in [-0.4, -0.2) is 12.1 Å². The van der Waals surface area contributed by atoms with E-state index < -0.39 is 0 Å². The zero-order chi connectivity index (χ0) is 6.97. The second-order valence-corrected chi connectivity index (χ2v) is 3.06. The molecule has 54 valence electrons. The van der Waals surface area contributed by atoms with Crippen LogP contribution in [0.4, 0.5) is 0 Å². The molecule has 1 aliphatic heterocycles. The number of hydrogen-bond donors (Lipinski definition) is 0. The molecule has 0 N–H and O–H groups in total. The molecule has 0 saturated heterocycles. The van der Waals surface area contributed by atoms with Crippen molar-refractivity contribution in [2.75, 3.05) is 0 Å². The van der Waals surface area contributed by atoms with Crippen molar-refractivity contribution in [3.05, 3.63) is 11.6 Å². The molecule has 0 amide bonds. The lowest BCUT2D eigenvalue weighted by molar-refractivity contribution is 0.621. The number of rotatable bonds is 0. The fraction of sp³-hybridized carbons (Fsp3) is 0.750. The van der Waals surface area contributed by atoms with Gasteiger partial charge in [0.25, 0.3) is 0 Å². The molecule has 2 heteroatoms. The van der Waals surface area contributed by atoms with Crippen LogP contribution in [0.3, 0.4) is 0 Å². The molecule has 0 bridgehead atoms. The summed E-state index contributed by atoms with van der Waals surface area (Å²) in [6.45, 7) is 2.13. The SMILES string of the molecule is CC1N=NC2CCCC=C12. The van der Waals surface area contributed by atoms with Crippen LogP contribution in [0.15, 0.2) is 21.9 Å². The van der Waals surface area contributed by atoms with Crippen LogP contribution < -0.4 is 0 Å². The molecule has 0 fully saturated rings. The van der Waals surface area contributed by atoms with E-state index in [4.69, 9.17) is 0 Å². The van der Waals surface area contributed by atoms with E-state index >= 15 is 0 Å². The highest BCUT2D eigenvalue weighted by Gasteiger charge is 2.26. The van der Waals surface area contributed by atoms with Crippen molar-refractivity contribution in [1.29, 1.82) is 0 Å². The monoisotopic (exact) mass is 136 g/mol.